The third kappa shape index (κ3) is 2.38. The normalized spacial score (nSPS) is 23.3. The van der Waals surface area contributed by atoms with Gasteiger partial charge in [0.25, 0.3) is 0 Å². The summed E-state index contributed by atoms with van der Waals surface area (Å²) in [5, 5.41) is 3.37. The van der Waals surface area contributed by atoms with Crippen molar-refractivity contribution in [3.8, 4) is 0 Å². The van der Waals surface area contributed by atoms with Gasteiger partial charge < -0.3 is 9.73 Å². The molecule has 0 amide bonds. The molecule has 4 nitrogen and oxygen atoms in total. The second-order valence-electron chi connectivity index (χ2n) is 4.27. The Bertz CT molecular complexity index is 315. The molecular formula is C11H19N3O. The number of nitrogens with zero attached hydrogens (tertiary/aromatic N) is 2. The summed E-state index contributed by atoms with van der Waals surface area (Å²) >= 11 is 0. The summed E-state index contributed by atoms with van der Waals surface area (Å²) in [6, 6.07) is 0.561. The van der Waals surface area contributed by atoms with Crippen LogP contribution < -0.4 is 5.32 Å². The van der Waals surface area contributed by atoms with Gasteiger partial charge in [0.2, 0.25) is 5.89 Å². The monoisotopic (exact) mass is 209 g/mol. The predicted octanol–water partition coefficient (Wildman–Crippen LogP) is 1.09. The minimum absolute atomic E-state index is 0.561. The van der Waals surface area contributed by atoms with Crippen molar-refractivity contribution in [2.75, 3.05) is 19.6 Å². The van der Waals surface area contributed by atoms with Gasteiger partial charge in [-0.25, -0.2) is 4.98 Å². The second-order valence-corrected chi connectivity index (χ2v) is 4.27. The van der Waals surface area contributed by atoms with E-state index < -0.39 is 0 Å². The molecule has 1 aliphatic heterocycles. The van der Waals surface area contributed by atoms with Crippen molar-refractivity contribution in [1.29, 1.82) is 0 Å². The standard InChI is InChI=1S/C11H19N3O/c1-8-6-12-4-5-14(8)7-11-13-9(2)10(3)15-11/h8,12H,4-7H2,1-3H3/t8-/m0/s1. The molecule has 1 aliphatic rings. The average molecular weight is 209 g/mol. The maximum atomic E-state index is 5.59. The lowest BCUT2D eigenvalue weighted by molar-refractivity contribution is 0.150. The summed E-state index contributed by atoms with van der Waals surface area (Å²) in [5.74, 6) is 1.78. The molecule has 0 saturated carbocycles. The number of hydrogen-bond acceptors (Lipinski definition) is 4. The molecule has 15 heavy (non-hydrogen) atoms. The number of aromatic nitrogens is 1. The Labute approximate surface area is 90.7 Å². The lowest BCUT2D eigenvalue weighted by Crippen LogP contribution is -2.49. The van der Waals surface area contributed by atoms with Crippen LogP contribution in [0.1, 0.15) is 24.3 Å². The number of rotatable bonds is 2. The second kappa shape index (κ2) is 4.33. The summed E-state index contributed by atoms with van der Waals surface area (Å²) in [5.41, 5.74) is 1.01. The number of nitrogens with one attached hydrogen (secondary N) is 1. The molecule has 1 fully saturated rings. The zero-order valence-corrected chi connectivity index (χ0v) is 9.71. The van der Waals surface area contributed by atoms with Gasteiger partial charge in [-0.3, -0.25) is 4.90 Å². The fraction of sp³-hybridized carbons (Fsp3) is 0.727. The highest BCUT2D eigenvalue weighted by atomic mass is 16.4. The SMILES string of the molecule is Cc1nc(CN2CCNC[C@@H]2C)oc1C. The van der Waals surface area contributed by atoms with Crippen LogP contribution in [0.5, 0.6) is 0 Å². The van der Waals surface area contributed by atoms with E-state index in [-0.39, 0.29) is 0 Å². The van der Waals surface area contributed by atoms with Gasteiger partial charge in [-0.1, -0.05) is 0 Å². The van der Waals surface area contributed by atoms with Crippen LogP contribution in [0, 0.1) is 13.8 Å². The van der Waals surface area contributed by atoms with E-state index in [9.17, 15) is 0 Å². The number of aryl methyl sites for hydroxylation is 2. The van der Waals surface area contributed by atoms with Crippen molar-refractivity contribution in [2.45, 2.75) is 33.4 Å². The summed E-state index contributed by atoms with van der Waals surface area (Å²) in [6.07, 6.45) is 0. The number of oxazole rings is 1. The molecule has 1 aromatic heterocycles. The van der Waals surface area contributed by atoms with E-state index in [2.05, 4.69) is 22.1 Å². The fourth-order valence-electron chi connectivity index (χ4n) is 1.90. The molecule has 0 aliphatic carbocycles. The van der Waals surface area contributed by atoms with E-state index in [0.29, 0.717) is 6.04 Å². The fourth-order valence-corrected chi connectivity index (χ4v) is 1.90. The molecule has 84 valence electrons. The Kier molecular flexibility index (Phi) is 3.07. The molecule has 0 spiro atoms. The van der Waals surface area contributed by atoms with Crippen LogP contribution in [0.2, 0.25) is 0 Å². The molecule has 0 aromatic carbocycles. The molecule has 1 aromatic rings. The summed E-state index contributed by atoms with van der Waals surface area (Å²) in [6.45, 7) is 10.2. The Balaban J connectivity index is 2.01. The van der Waals surface area contributed by atoms with Gasteiger partial charge in [0.05, 0.1) is 12.2 Å². The minimum atomic E-state index is 0.561. The van der Waals surface area contributed by atoms with Gasteiger partial charge in [-0.05, 0) is 20.8 Å². The molecule has 1 atom stereocenters. The van der Waals surface area contributed by atoms with Crippen LogP contribution in [0.3, 0.4) is 0 Å². The molecule has 1 saturated heterocycles. The molecule has 2 rings (SSSR count). The first-order valence-electron chi connectivity index (χ1n) is 5.54. The third-order valence-corrected chi connectivity index (χ3v) is 3.05. The van der Waals surface area contributed by atoms with Crippen molar-refractivity contribution in [3.05, 3.63) is 17.3 Å². The molecule has 0 radical (unpaired) electrons. The van der Waals surface area contributed by atoms with Gasteiger partial charge >= 0.3 is 0 Å². The molecule has 0 unspecified atom stereocenters. The first-order valence-corrected chi connectivity index (χ1v) is 5.54. The van der Waals surface area contributed by atoms with E-state index in [1.54, 1.807) is 0 Å². The molecule has 2 heterocycles. The average Bonchev–Trinajstić information content (AvgIpc) is 2.50. The van der Waals surface area contributed by atoms with Crippen molar-refractivity contribution in [1.82, 2.24) is 15.2 Å². The van der Waals surface area contributed by atoms with E-state index in [0.717, 1.165) is 43.5 Å². The first kappa shape index (κ1) is 10.6. The van der Waals surface area contributed by atoms with Crippen LogP contribution in [0.25, 0.3) is 0 Å². The molecule has 1 N–H and O–H groups in total. The van der Waals surface area contributed by atoms with E-state index in [1.165, 1.54) is 0 Å². The highest BCUT2D eigenvalue weighted by Gasteiger charge is 2.19. The van der Waals surface area contributed by atoms with E-state index >= 15 is 0 Å². The smallest absolute Gasteiger partial charge is 0.208 e. The zero-order chi connectivity index (χ0) is 10.8. The summed E-state index contributed by atoms with van der Waals surface area (Å²) in [4.78, 5) is 6.81. The van der Waals surface area contributed by atoms with Crippen LogP contribution >= 0.6 is 0 Å². The Hall–Kier alpha value is -0.870. The Morgan fingerprint density at radius 3 is 2.93 bits per heavy atom. The van der Waals surface area contributed by atoms with Gasteiger partial charge in [0.1, 0.15) is 5.76 Å². The minimum Gasteiger partial charge on any atom is -0.444 e. The Morgan fingerprint density at radius 1 is 1.53 bits per heavy atom. The van der Waals surface area contributed by atoms with Gasteiger partial charge in [-0.2, -0.15) is 0 Å². The largest absolute Gasteiger partial charge is 0.444 e. The summed E-state index contributed by atoms with van der Waals surface area (Å²) in [7, 11) is 0. The van der Waals surface area contributed by atoms with E-state index in [1.807, 2.05) is 13.8 Å². The van der Waals surface area contributed by atoms with Gasteiger partial charge in [0, 0.05) is 25.7 Å². The topological polar surface area (TPSA) is 41.3 Å². The zero-order valence-electron chi connectivity index (χ0n) is 9.71. The van der Waals surface area contributed by atoms with Crippen molar-refractivity contribution >= 4 is 0 Å². The highest BCUT2D eigenvalue weighted by molar-refractivity contribution is 5.05. The number of piperazine rings is 1. The summed E-state index contributed by atoms with van der Waals surface area (Å²) < 4.78 is 5.59. The first-order chi connectivity index (χ1) is 7.16. The van der Waals surface area contributed by atoms with Crippen LogP contribution in [0.15, 0.2) is 4.42 Å². The van der Waals surface area contributed by atoms with Crippen LogP contribution in [-0.4, -0.2) is 35.6 Å². The molecule has 0 bridgehead atoms. The lowest BCUT2D eigenvalue weighted by atomic mass is 10.2. The predicted molar refractivity (Wildman–Crippen MR) is 58.7 cm³/mol. The van der Waals surface area contributed by atoms with Gasteiger partial charge in [0.15, 0.2) is 0 Å². The Morgan fingerprint density at radius 2 is 2.33 bits per heavy atom. The van der Waals surface area contributed by atoms with Gasteiger partial charge in [-0.15, -0.1) is 0 Å². The maximum Gasteiger partial charge on any atom is 0.208 e. The molecular weight excluding hydrogens is 190 g/mol. The van der Waals surface area contributed by atoms with Crippen molar-refractivity contribution in [2.24, 2.45) is 0 Å². The van der Waals surface area contributed by atoms with Crippen LogP contribution in [-0.2, 0) is 6.54 Å². The third-order valence-electron chi connectivity index (χ3n) is 3.05. The van der Waals surface area contributed by atoms with E-state index in [4.69, 9.17) is 4.42 Å². The number of hydrogen-bond donors (Lipinski definition) is 1. The van der Waals surface area contributed by atoms with Crippen molar-refractivity contribution < 1.29 is 4.42 Å². The quantitative estimate of drug-likeness (QED) is 0.791. The highest BCUT2D eigenvalue weighted by Crippen LogP contribution is 2.13. The van der Waals surface area contributed by atoms with Crippen molar-refractivity contribution in [3.63, 3.8) is 0 Å². The molecule has 4 heteroatoms. The lowest BCUT2D eigenvalue weighted by Gasteiger charge is -2.32. The van der Waals surface area contributed by atoms with Crippen LogP contribution in [0.4, 0.5) is 0 Å². The maximum absolute atomic E-state index is 5.59.